The van der Waals surface area contributed by atoms with Gasteiger partial charge in [-0.05, 0) is 37.8 Å². The Balaban J connectivity index is 2.25. The standard InChI is InChI=1S/C13H24N2S/c1-9(2)5-12(14)7-15-8-13-6-10(3)11(4)16-13/h6,9,12,15H,5,7-8,14H2,1-4H3. The minimum atomic E-state index is 0.280. The Morgan fingerprint density at radius 1 is 1.38 bits per heavy atom. The van der Waals surface area contributed by atoms with E-state index in [0.29, 0.717) is 5.92 Å². The fraction of sp³-hybridized carbons (Fsp3) is 0.692. The van der Waals surface area contributed by atoms with Crippen molar-refractivity contribution >= 4 is 11.3 Å². The molecule has 3 N–H and O–H groups in total. The molecule has 1 atom stereocenters. The van der Waals surface area contributed by atoms with Crippen LogP contribution in [-0.2, 0) is 6.54 Å². The van der Waals surface area contributed by atoms with Gasteiger partial charge in [-0.25, -0.2) is 0 Å². The smallest absolute Gasteiger partial charge is 0.0300 e. The molecular formula is C13H24N2S. The van der Waals surface area contributed by atoms with E-state index >= 15 is 0 Å². The first-order valence-corrected chi connectivity index (χ1v) is 6.83. The van der Waals surface area contributed by atoms with Gasteiger partial charge in [-0.15, -0.1) is 11.3 Å². The van der Waals surface area contributed by atoms with Gasteiger partial charge in [-0.2, -0.15) is 0 Å². The number of nitrogens with two attached hydrogens (primary N) is 1. The first kappa shape index (κ1) is 13.7. The van der Waals surface area contributed by atoms with Gasteiger partial charge in [-0.3, -0.25) is 0 Å². The highest BCUT2D eigenvalue weighted by Crippen LogP contribution is 2.20. The van der Waals surface area contributed by atoms with Crippen molar-refractivity contribution in [2.75, 3.05) is 6.54 Å². The number of rotatable bonds is 6. The third kappa shape index (κ3) is 4.64. The molecule has 0 saturated heterocycles. The van der Waals surface area contributed by atoms with E-state index in [4.69, 9.17) is 5.73 Å². The fourth-order valence-corrected chi connectivity index (χ4v) is 2.83. The average molecular weight is 240 g/mol. The van der Waals surface area contributed by atoms with Crippen LogP contribution in [0.15, 0.2) is 6.07 Å². The summed E-state index contributed by atoms with van der Waals surface area (Å²) in [4.78, 5) is 2.83. The van der Waals surface area contributed by atoms with Crippen molar-refractivity contribution in [1.29, 1.82) is 0 Å². The van der Waals surface area contributed by atoms with Crippen LogP contribution in [0.3, 0.4) is 0 Å². The molecule has 0 amide bonds. The highest BCUT2D eigenvalue weighted by molar-refractivity contribution is 7.12. The van der Waals surface area contributed by atoms with E-state index in [-0.39, 0.29) is 6.04 Å². The van der Waals surface area contributed by atoms with E-state index < -0.39 is 0 Å². The number of aryl methyl sites for hydroxylation is 2. The Hall–Kier alpha value is -0.380. The van der Waals surface area contributed by atoms with E-state index in [0.717, 1.165) is 19.5 Å². The molecule has 0 aliphatic heterocycles. The predicted octanol–water partition coefficient (Wildman–Crippen LogP) is 2.83. The maximum atomic E-state index is 6.01. The molecule has 2 nitrogen and oxygen atoms in total. The lowest BCUT2D eigenvalue weighted by molar-refractivity contribution is 0.468. The fourth-order valence-electron chi connectivity index (χ4n) is 1.81. The monoisotopic (exact) mass is 240 g/mol. The van der Waals surface area contributed by atoms with Gasteiger partial charge >= 0.3 is 0 Å². The summed E-state index contributed by atoms with van der Waals surface area (Å²) in [7, 11) is 0. The van der Waals surface area contributed by atoms with Gasteiger partial charge in [0.15, 0.2) is 0 Å². The Labute approximate surface area is 103 Å². The summed E-state index contributed by atoms with van der Waals surface area (Å²) in [5.41, 5.74) is 7.41. The highest BCUT2D eigenvalue weighted by Gasteiger charge is 2.06. The van der Waals surface area contributed by atoms with Crippen LogP contribution in [0.4, 0.5) is 0 Å². The second-order valence-corrected chi connectivity index (χ2v) is 6.31. The number of thiophene rings is 1. The van der Waals surface area contributed by atoms with Crippen LogP contribution < -0.4 is 11.1 Å². The van der Waals surface area contributed by atoms with Crippen LogP contribution in [0, 0.1) is 19.8 Å². The maximum absolute atomic E-state index is 6.01. The molecule has 0 bridgehead atoms. The van der Waals surface area contributed by atoms with Crippen molar-refractivity contribution in [3.63, 3.8) is 0 Å². The molecular weight excluding hydrogens is 216 g/mol. The molecule has 0 saturated carbocycles. The lowest BCUT2D eigenvalue weighted by Gasteiger charge is -2.14. The minimum Gasteiger partial charge on any atom is -0.327 e. The van der Waals surface area contributed by atoms with Gasteiger partial charge in [0.1, 0.15) is 0 Å². The van der Waals surface area contributed by atoms with E-state index in [9.17, 15) is 0 Å². The van der Waals surface area contributed by atoms with E-state index in [1.54, 1.807) is 0 Å². The second-order valence-electron chi connectivity index (χ2n) is 4.97. The molecule has 0 radical (unpaired) electrons. The quantitative estimate of drug-likeness (QED) is 0.802. The van der Waals surface area contributed by atoms with Crippen LogP contribution in [0.2, 0.25) is 0 Å². The summed E-state index contributed by atoms with van der Waals surface area (Å²) in [5.74, 6) is 0.683. The summed E-state index contributed by atoms with van der Waals surface area (Å²) >= 11 is 1.88. The van der Waals surface area contributed by atoms with E-state index in [2.05, 4.69) is 39.1 Å². The molecule has 1 rings (SSSR count). The Bertz CT molecular complexity index is 298. The van der Waals surface area contributed by atoms with Gasteiger partial charge in [0.2, 0.25) is 0 Å². The van der Waals surface area contributed by atoms with Gasteiger partial charge in [0.05, 0.1) is 0 Å². The lowest BCUT2D eigenvalue weighted by Crippen LogP contribution is -2.34. The summed E-state index contributed by atoms with van der Waals surface area (Å²) < 4.78 is 0. The lowest BCUT2D eigenvalue weighted by atomic mass is 10.0. The highest BCUT2D eigenvalue weighted by atomic mass is 32.1. The molecule has 0 fully saturated rings. The van der Waals surface area contributed by atoms with Crippen molar-refractivity contribution in [3.05, 3.63) is 21.4 Å². The molecule has 0 spiro atoms. The predicted molar refractivity (Wildman–Crippen MR) is 72.9 cm³/mol. The Morgan fingerprint density at radius 3 is 2.56 bits per heavy atom. The Morgan fingerprint density at radius 2 is 2.06 bits per heavy atom. The van der Waals surface area contributed by atoms with Crippen molar-refractivity contribution < 1.29 is 0 Å². The van der Waals surface area contributed by atoms with Crippen LogP contribution >= 0.6 is 11.3 Å². The third-order valence-electron chi connectivity index (χ3n) is 2.70. The topological polar surface area (TPSA) is 38.0 Å². The first-order valence-electron chi connectivity index (χ1n) is 6.01. The third-order valence-corrected chi connectivity index (χ3v) is 3.85. The molecule has 1 heterocycles. The molecule has 3 heteroatoms. The molecule has 1 aromatic rings. The summed E-state index contributed by atoms with van der Waals surface area (Å²) in [6, 6.07) is 2.54. The van der Waals surface area contributed by atoms with E-state index in [1.165, 1.54) is 15.3 Å². The van der Waals surface area contributed by atoms with Gasteiger partial charge in [-0.1, -0.05) is 13.8 Å². The van der Waals surface area contributed by atoms with Gasteiger partial charge in [0.25, 0.3) is 0 Å². The molecule has 16 heavy (non-hydrogen) atoms. The SMILES string of the molecule is Cc1cc(CNCC(N)CC(C)C)sc1C. The van der Waals surface area contributed by atoms with E-state index in [1.807, 2.05) is 11.3 Å². The zero-order chi connectivity index (χ0) is 12.1. The number of hydrogen-bond acceptors (Lipinski definition) is 3. The summed E-state index contributed by atoms with van der Waals surface area (Å²) in [6.45, 7) is 10.6. The summed E-state index contributed by atoms with van der Waals surface area (Å²) in [6.07, 6.45) is 1.09. The molecule has 92 valence electrons. The van der Waals surface area contributed by atoms with Crippen LogP contribution in [-0.4, -0.2) is 12.6 Å². The van der Waals surface area contributed by atoms with Crippen LogP contribution in [0.5, 0.6) is 0 Å². The van der Waals surface area contributed by atoms with Crippen molar-refractivity contribution in [2.45, 2.75) is 46.7 Å². The number of hydrogen-bond donors (Lipinski definition) is 2. The maximum Gasteiger partial charge on any atom is 0.0300 e. The van der Waals surface area contributed by atoms with Crippen molar-refractivity contribution in [3.8, 4) is 0 Å². The normalized spacial score (nSPS) is 13.4. The van der Waals surface area contributed by atoms with Crippen LogP contribution in [0.1, 0.15) is 35.6 Å². The molecule has 0 aliphatic rings. The van der Waals surface area contributed by atoms with Gasteiger partial charge < -0.3 is 11.1 Å². The zero-order valence-electron chi connectivity index (χ0n) is 10.8. The zero-order valence-corrected chi connectivity index (χ0v) is 11.7. The van der Waals surface area contributed by atoms with Crippen molar-refractivity contribution in [1.82, 2.24) is 5.32 Å². The molecule has 1 unspecified atom stereocenters. The summed E-state index contributed by atoms with van der Waals surface area (Å²) in [5, 5.41) is 3.43. The molecule has 0 aromatic carbocycles. The second kappa shape index (κ2) is 6.38. The Kier molecular flexibility index (Phi) is 5.46. The van der Waals surface area contributed by atoms with Gasteiger partial charge in [0, 0.05) is 28.9 Å². The first-order chi connectivity index (χ1) is 7.49. The molecule has 0 aliphatic carbocycles. The minimum absolute atomic E-state index is 0.280. The largest absolute Gasteiger partial charge is 0.327 e. The van der Waals surface area contributed by atoms with Crippen LogP contribution in [0.25, 0.3) is 0 Å². The number of nitrogens with one attached hydrogen (secondary N) is 1. The van der Waals surface area contributed by atoms with Crippen molar-refractivity contribution in [2.24, 2.45) is 11.7 Å². The molecule has 1 aromatic heterocycles. The average Bonchev–Trinajstić information content (AvgIpc) is 2.44.